The smallest absolute Gasteiger partial charge is 0.214 e. The van der Waals surface area contributed by atoms with Gasteiger partial charge in [-0.3, -0.25) is 0 Å². The molecule has 1 aliphatic rings. The number of aliphatic imine (C=N–C) groups is 1. The number of halogens is 1. The first kappa shape index (κ1) is 20.0. The quantitative estimate of drug-likeness (QED) is 0.450. The zero-order valence-electron chi connectivity index (χ0n) is 14.3. The summed E-state index contributed by atoms with van der Waals surface area (Å²) in [6.45, 7) is 10.7. The van der Waals surface area contributed by atoms with Crippen LogP contribution in [-0.4, -0.2) is 47.2 Å². The molecule has 1 fully saturated rings. The third kappa shape index (κ3) is 6.90. The molecule has 2 N–H and O–H groups in total. The minimum Gasteiger partial charge on any atom is -0.472 e. The van der Waals surface area contributed by atoms with Crippen molar-refractivity contribution < 1.29 is 9.47 Å². The fraction of sp³-hybridized carbons (Fsp3) is 0.625. The summed E-state index contributed by atoms with van der Waals surface area (Å²) in [6, 6.07) is 5.70. The molecule has 1 unspecified atom stereocenters. The van der Waals surface area contributed by atoms with Gasteiger partial charge in [-0.15, -0.1) is 24.0 Å². The van der Waals surface area contributed by atoms with E-state index >= 15 is 0 Å². The molecule has 0 aromatic carbocycles. The number of aromatic nitrogens is 1. The van der Waals surface area contributed by atoms with E-state index in [1.54, 1.807) is 0 Å². The normalized spacial score (nSPS) is 19.2. The molecule has 23 heavy (non-hydrogen) atoms. The van der Waals surface area contributed by atoms with Crippen molar-refractivity contribution in [1.82, 2.24) is 9.88 Å². The van der Waals surface area contributed by atoms with Gasteiger partial charge >= 0.3 is 0 Å². The summed E-state index contributed by atoms with van der Waals surface area (Å²) in [5.41, 5.74) is 6.63. The van der Waals surface area contributed by atoms with E-state index in [9.17, 15) is 0 Å². The van der Waals surface area contributed by atoms with Crippen LogP contribution < -0.4 is 10.5 Å². The van der Waals surface area contributed by atoms with Gasteiger partial charge in [0.2, 0.25) is 5.88 Å². The molecule has 1 aliphatic heterocycles. The van der Waals surface area contributed by atoms with Gasteiger partial charge in [0.15, 0.2) is 5.96 Å². The van der Waals surface area contributed by atoms with Crippen molar-refractivity contribution in [3.05, 3.63) is 23.9 Å². The number of hydrogen-bond acceptors (Lipinski definition) is 4. The van der Waals surface area contributed by atoms with E-state index in [1.165, 1.54) is 0 Å². The lowest BCUT2D eigenvalue weighted by Crippen LogP contribution is -2.47. The lowest BCUT2D eigenvalue weighted by molar-refractivity contribution is 0.00528. The van der Waals surface area contributed by atoms with Crippen LogP contribution in [0.15, 0.2) is 23.2 Å². The van der Waals surface area contributed by atoms with Crippen LogP contribution in [-0.2, 0) is 11.3 Å². The highest BCUT2D eigenvalue weighted by molar-refractivity contribution is 14.0. The first-order valence-electron chi connectivity index (χ1n) is 7.65. The number of morpholine rings is 1. The number of nitrogens with two attached hydrogens (primary N) is 1. The summed E-state index contributed by atoms with van der Waals surface area (Å²) in [5, 5.41) is 0. The molecule has 0 bridgehead atoms. The van der Waals surface area contributed by atoms with Gasteiger partial charge in [0, 0.05) is 19.2 Å². The molecule has 0 radical (unpaired) electrons. The van der Waals surface area contributed by atoms with Crippen molar-refractivity contribution in [2.75, 3.05) is 19.7 Å². The monoisotopic (exact) mass is 434 g/mol. The van der Waals surface area contributed by atoms with Crippen molar-refractivity contribution in [3.63, 3.8) is 0 Å². The van der Waals surface area contributed by atoms with Gasteiger partial charge in [0.25, 0.3) is 0 Å². The number of hydrogen-bond donors (Lipinski definition) is 1. The molecule has 2 rings (SSSR count). The lowest BCUT2D eigenvalue weighted by Gasteiger charge is -2.31. The van der Waals surface area contributed by atoms with Crippen LogP contribution >= 0.6 is 24.0 Å². The Morgan fingerprint density at radius 2 is 2.22 bits per heavy atom. The van der Waals surface area contributed by atoms with E-state index in [-0.39, 0.29) is 35.7 Å². The van der Waals surface area contributed by atoms with E-state index in [0.29, 0.717) is 25.0 Å². The summed E-state index contributed by atoms with van der Waals surface area (Å²) in [6.07, 6.45) is 0.184. The number of guanidine groups is 1. The van der Waals surface area contributed by atoms with Crippen molar-refractivity contribution >= 4 is 29.9 Å². The van der Waals surface area contributed by atoms with Crippen molar-refractivity contribution in [2.24, 2.45) is 10.7 Å². The second-order valence-electron chi connectivity index (χ2n) is 6.48. The molecule has 0 amide bonds. The van der Waals surface area contributed by atoms with Crippen LogP contribution in [0.5, 0.6) is 5.88 Å². The zero-order valence-corrected chi connectivity index (χ0v) is 16.6. The van der Waals surface area contributed by atoms with Crippen LogP contribution in [0.3, 0.4) is 0 Å². The Kier molecular flexibility index (Phi) is 7.53. The molecular formula is C16H27IN4O2. The minimum atomic E-state index is -0.266. The maximum Gasteiger partial charge on any atom is 0.214 e. The van der Waals surface area contributed by atoms with Gasteiger partial charge < -0.3 is 20.1 Å². The SMILES string of the molecule is CC1CN(C(N)=NCc2cccc(OC(C)(C)C)n2)CCO1.I. The van der Waals surface area contributed by atoms with Gasteiger partial charge in [-0.25, -0.2) is 9.98 Å². The highest BCUT2D eigenvalue weighted by Crippen LogP contribution is 2.16. The minimum absolute atomic E-state index is 0. The molecule has 1 aromatic heterocycles. The van der Waals surface area contributed by atoms with Gasteiger partial charge in [0.05, 0.1) is 24.9 Å². The molecule has 130 valence electrons. The Morgan fingerprint density at radius 3 is 2.87 bits per heavy atom. The molecule has 2 heterocycles. The second kappa shape index (κ2) is 8.68. The Hall–Kier alpha value is -1.09. The van der Waals surface area contributed by atoms with Gasteiger partial charge in [-0.1, -0.05) is 6.07 Å². The summed E-state index contributed by atoms with van der Waals surface area (Å²) < 4.78 is 11.3. The maximum atomic E-state index is 6.06. The van der Waals surface area contributed by atoms with Crippen LogP contribution in [0.2, 0.25) is 0 Å². The lowest BCUT2D eigenvalue weighted by atomic mass is 10.2. The zero-order chi connectivity index (χ0) is 16.2. The Bertz CT molecular complexity index is 531. The standard InChI is InChI=1S/C16H26N4O2.HI/c1-12-11-20(8-9-21-12)15(17)18-10-13-6-5-7-14(19-13)22-16(2,3)4;/h5-7,12H,8-11H2,1-4H3,(H2,17,18);1H. The molecule has 1 atom stereocenters. The van der Waals surface area contributed by atoms with E-state index < -0.39 is 0 Å². The Morgan fingerprint density at radius 1 is 1.48 bits per heavy atom. The molecular weight excluding hydrogens is 407 g/mol. The topological polar surface area (TPSA) is 73.0 Å². The van der Waals surface area contributed by atoms with Crippen molar-refractivity contribution in [2.45, 2.75) is 45.9 Å². The Balaban J connectivity index is 0.00000264. The molecule has 7 heteroatoms. The third-order valence-electron chi connectivity index (χ3n) is 3.16. The first-order chi connectivity index (χ1) is 10.3. The summed E-state index contributed by atoms with van der Waals surface area (Å²) in [7, 11) is 0. The fourth-order valence-corrected chi connectivity index (χ4v) is 2.20. The van der Waals surface area contributed by atoms with Crippen molar-refractivity contribution in [3.8, 4) is 5.88 Å². The molecule has 6 nitrogen and oxygen atoms in total. The van der Waals surface area contributed by atoms with Crippen LogP contribution in [0.1, 0.15) is 33.4 Å². The largest absolute Gasteiger partial charge is 0.472 e. The first-order valence-corrected chi connectivity index (χ1v) is 7.65. The fourth-order valence-electron chi connectivity index (χ4n) is 2.20. The highest BCUT2D eigenvalue weighted by Gasteiger charge is 2.18. The Labute approximate surface area is 155 Å². The third-order valence-corrected chi connectivity index (χ3v) is 3.16. The number of ether oxygens (including phenoxy) is 2. The summed E-state index contributed by atoms with van der Waals surface area (Å²) in [4.78, 5) is 10.9. The molecule has 0 spiro atoms. The number of pyridine rings is 1. The van der Waals surface area contributed by atoms with Crippen LogP contribution in [0.4, 0.5) is 0 Å². The second-order valence-corrected chi connectivity index (χ2v) is 6.48. The highest BCUT2D eigenvalue weighted by atomic mass is 127. The van der Waals surface area contributed by atoms with Gasteiger partial charge in [-0.05, 0) is 33.8 Å². The number of rotatable bonds is 3. The summed E-state index contributed by atoms with van der Waals surface area (Å²) >= 11 is 0. The molecule has 1 aromatic rings. The molecule has 0 saturated carbocycles. The number of nitrogens with zero attached hydrogens (tertiary/aromatic N) is 3. The van der Waals surface area contributed by atoms with Gasteiger partial charge in [0.1, 0.15) is 5.60 Å². The molecule has 0 aliphatic carbocycles. The average molecular weight is 434 g/mol. The van der Waals surface area contributed by atoms with E-state index in [4.69, 9.17) is 15.2 Å². The van der Waals surface area contributed by atoms with E-state index in [0.717, 1.165) is 18.8 Å². The summed E-state index contributed by atoms with van der Waals surface area (Å²) in [5.74, 6) is 1.15. The van der Waals surface area contributed by atoms with E-state index in [2.05, 4.69) is 9.98 Å². The van der Waals surface area contributed by atoms with Crippen molar-refractivity contribution in [1.29, 1.82) is 0 Å². The van der Waals surface area contributed by atoms with Gasteiger partial charge in [-0.2, -0.15) is 0 Å². The van der Waals surface area contributed by atoms with Crippen LogP contribution in [0.25, 0.3) is 0 Å². The van der Waals surface area contributed by atoms with Crippen LogP contribution in [0, 0.1) is 0 Å². The van der Waals surface area contributed by atoms with E-state index in [1.807, 2.05) is 50.8 Å². The average Bonchev–Trinajstić information content (AvgIpc) is 2.43. The maximum absolute atomic E-state index is 6.06. The predicted molar refractivity (Wildman–Crippen MR) is 102 cm³/mol. The predicted octanol–water partition coefficient (Wildman–Crippen LogP) is 2.41. The molecule has 1 saturated heterocycles.